The summed E-state index contributed by atoms with van der Waals surface area (Å²) < 4.78 is 5.71. The summed E-state index contributed by atoms with van der Waals surface area (Å²) in [6.07, 6.45) is 0.657. The van der Waals surface area contributed by atoms with Crippen LogP contribution in [-0.4, -0.2) is 30.4 Å². The summed E-state index contributed by atoms with van der Waals surface area (Å²) in [6, 6.07) is 6.53. The van der Waals surface area contributed by atoms with Crippen LogP contribution >= 0.6 is 0 Å². The number of aliphatic hydroxyl groups excluding tert-OH is 1. The van der Waals surface area contributed by atoms with Gasteiger partial charge in [-0.25, -0.2) is 0 Å². The smallest absolute Gasteiger partial charge is 0.122 e. The van der Waals surface area contributed by atoms with Crippen LogP contribution in [0.25, 0.3) is 0 Å². The van der Waals surface area contributed by atoms with E-state index in [2.05, 4.69) is 32.2 Å². The van der Waals surface area contributed by atoms with E-state index in [1.165, 1.54) is 5.56 Å². The molecule has 0 spiro atoms. The zero-order chi connectivity index (χ0) is 15.1. The zero-order valence-corrected chi connectivity index (χ0v) is 13.4. The van der Waals surface area contributed by atoms with Gasteiger partial charge in [-0.3, -0.25) is 0 Å². The molecule has 3 heteroatoms. The number of benzene rings is 1. The van der Waals surface area contributed by atoms with Gasteiger partial charge in [-0.05, 0) is 43.9 Å². The van der Waals surface area contributed by atoms with Crippen molar-refractivity contribution in [2.45, 2.75) is 53.2 Å². The van der Waals surface area contributed by atoms with Crippen LogP contribution in [0.3, 0.4) is 0 Å². The molecule has 114 valence electrons. The molecule has 0 radical (unpaired) electrons. The molecule has 1 rings (SSSR count). The molecule has 0 fully saturated rings. The fourth-order valence-electron chi connectivity index (χ4n) is 1.98. The predicted molar refractivity (Wildman–Crippen MR) is 84.3 cm³/mol. The first kappa shape index (κ1) is 17.0. The summed E-state index contributed by atoms with van der Waals surface area (Å²) >= 11 is 0. The van der Waals surface area contributed by atoms with Crippen molar-refractivity contribution in [3.8, 4) is 5.75 Å². The molecule has 0 aliphatic carbocycles. The normalized spacial score (nSPS) is 15.7. The van der Waals surface area contributed by atoms with Gasteiger partial charge in [0.25, 0.3) is 0 Å². The van der Waals surface area contributed by atoms with Crippen LogP contribution in [0.15, 0.2) is 18.2 Å². The number of hydrogen-bond donors (Lipinski definition) is 2. The second-order valence-electron chi connectivity index (χ2n) is 5.82. The van der Waals surface area contributed by atoms with Gasteiger partial charge in [0.2, 0.25) is 0 Å². The molecule has 0 saturated heterocycles. The quantitative estimate of drug-likeness (QED) is 0.768. The lowest BCUT2D eigenvalue weighted by Crippen LogP contribution is -2.39. The van der Waals surface area contributed by atoms with Gasteiger partial charge in [0.15, 0.2) is 0 Å². The van der Waals surface area contributed by atoms with E-state index in [1.54, 1.807) is 0 Å². The van der Waals surface area contributed by atoms with Crippen LogP contribution < -0.4 is 10.1 Å². The molecular weight excluding hydrogens is 250 g/mol. The maximum atomic E-state index is 9.99. The van der Waals surface area contributed by atoms with Gasteiger partial charge in [0, 0.05) is 12.6 Å². The Morgan fingerprint density at radius 3 is 2.60 bits per heavy atom. The van der Waals surface area contributed by atoms with Gasteiger partial charge >= 0.3 is 0 Å². The Hall–Kier alpha value is -1.06. The first-order valence-electron chi connectivity index (χ1n) is 7.55. The van der Waals surface area contributed by atoms with Crippen molar-refractivity contribution in [3.05, 3.63) is 29.3 Å². The van der Waals surface area contributed by atoms with E-state index in [0.29, 0.717) is 25.1 Å². The third kappa shape index (κ3) is 5.51. The monoisotopic (exact) mass is 279 g/mol. The van der Waals surface area contributed by atoms with E-state index in [1.807, 2.05) is 26.0 Å². The fourth-order valence-corrected chi connectivity index (χ4v) is 1.98. The largest absolute Gasteiger partial charge is 0.491 e. The third-order valence-electron chi connectivity index (χ3n) is 3.95. The Labute approximate surface area is 123 Å². The predicted octanol–water partition coefficient (Wildman–Crippen LogP) is 3.07. The lowest BCUT2D eigenvalue weighted by atomic mass is 10.0. The zero-order valence-electron chi connectivity index (χ0n) is 13.4. The number of rotatable bonds is 8. The highest BCUT2D eigenvalue weighted by Crippen LogP contribution is 2.19. The molecule has 0 saturated carbocycles. The number of hydrogen-bond acceptors (Lipinski definition) is 3. The molecule has 0 amide bonds. The molecule has 0 aromatic heterocycles. The summed E-state index contributed by atoms with van der Waals surface area (Å²) in [4.78, 5) is 0. The molecule has 3 unspecified atom stereocenters. The van der Waals surface area contributed by atoms with Crippen molar-refractivity contribution in [2.24, 2.45) is 5.92 Å². The van der Waals surface area contributed by atoms with Crippen molar-refractivity contribution in [1.29, 1.82) is 0 Å². The second kappa shape index (κ2) is 8.28. The number of nitrogens with one attached hydrogen (secondary N) is 1. The number of ether oxygens (including phenoxy) is 1. The van der Waals surface area contributed by atoms with Crippen molar-refractivity contribution >= 4 is 0 Å². The van der Waals surface area contributed by atoms with E-state index in [4.69, 9.17) is 4.74 Å². The Morgan fingerprint density at radius 2 is 1.95 bits per heavy atom. The van der Waals surface area contributed by atoms with Crippen molar-refractivity contribution in [3.63, 3.8) is 0 Å². The number of aryl methyl sites for hydroxylation is 2. The van der Waals surface area contributed by atoms with Gasteiger partial charge < -0.3 is 15.2 Å². The summed E-state index contributed by atoms with van der Waals surface area (Å²) in [5.41, 5.74) is 2.27. The van der Waals surface area contributed by atoms with E-state index in [9.17, 15) is 5.11 Å². The highest BCUT2D eigenvalue weighted by atomic mass is 16.5. The van der Waals surface area contributed by atoms with Crippen molar-refractivity contribution in [1.82, 2.24) is 5.32 Å². The van der Waals surface area contributed by atoms with Gasteiger partial charge in [-0.15, -0.1) is 0 Å². The van der Waals surface area contributed by atoms with E-state index in [0.717, 1.165) is 17.7 Å². The Morgan fingerprint density at radius 1 is 1.25 bits per heavy atom. The summed E-state index contributed by atoms with van der Waals surface area (Å²) in [5.74, 6) is 1.47. The average molecular weight is 279 g/mol. The first-order valence-corrected chi connectivity index (χ1v) is 7.55. The van der Waals surface area contributed by atoms with Gasteiger partial charge in [-0.2, -0.15) is 0 Å². The van der Waals surface area contributed by atoms with Crippen molar-refractivity contribution in [2.75, 3.05) is 13.2 Å². The Balaban J connectivity index is 2.36. The van der Waals surface area contributed by atoms with Gasteiger partial charge in [-0.1, -0.05) is 32.4 Å². The minimum atomic E-state index is -0.485. The van der Waals surface area contributed by atoms with E-state index in [-0.39, 0.29) is 0 Å². The molecule has 20 heavy (non-hydrogen) atoms. The molecule has 1 aromatic rings. The summed E-state index contributed by atoms with van der Waals surface area (Å²) in [6.45, 7) is 11.5. The minimum absolute atomic E-state index is 0.324. The van der Waals surface area contributed by atoms with Crippen LogP contribution in [-0.2, 0) is 0 Å². The maximum absolute atomic E-state index is 9.99. The molecule has 2 N–H and O–H groups in total. The van der Waals surface area contributed by atoms with Crippen LogP contribution in [0.5, 0.6) is 5.75 Å². The third-order valence-corrected chi connectivity index (χ3v) is 3.95. The van der Waals surface area contributed by atoms with Crippen LogP contribution in [0.1, 0.15) is 38.3 Å². The van der Waals surface area contributed by atoms with Crippen LogP contribution in [0.2, 0.25) is 0 Å². The van der Waals surface area contributed by atoms with Gasteiger partial charge in [0.05, 0.1) is 0 Å². The van der Waals surface area contributed by atoms with E-state index < -0.39 is 6.10 Å². The fraction of sp³-hybridized carbons (Fsp3) is 0.647. The average Bonchev–Trinajstić information content (AvgIpc) is 2.44. The molecular formula is C17H29NO2. The highest BCUT2D eigenvalue weighted by molar-refractivity contribution is 5.35. The second-order valence-corrected chi connectivity index (χ2v) is 5.82. The first-order chi connectivity index (χ1) is 9.43. The molecule has 3 atom stereocenters. The van der Waals surface area contributed by atoms with Gasteiger partial charge in [0.1, 0.15) is 18.5 Å². The molecule has 1 aromatic carbocycles. The molecule has 0 aliphatic heterocycles. The molecule has 0 aliphatic rings. The Kier molecular flexibility index (Phi) is 7.03. The summed E-state index contributed by atoms with van der Waals surface area (Å²) in [5, 5.41) is 13.4. The lowest BCUT2D eigenvalue weighted by Gasteiger charge is -2.22. The standard InChI is InChI=1S/C17H29NO2/c1-6-13(3)15(5)18-10-16(19)11-20-17-9-12(2)7-8-14(17)4/h7-9,13,15-16,18-19H,6,10-11H2,1-5H3. The van der Waals surface area contributed by atoms with Crippen LogP contribution in [0.4, 0.5) is 0 Å². The summed E-state index contributed by atoms with van der Waals surface area (Å²) in [7, 11) is 0. The maximum Gasteiger partial charge on any atom is 0.122 e. The SMILES string of the molecule is CCC(C)C(C)NCC(O)COc1cc(C)ccc1C. The molecule has 0 bridgehead atoms. The van der Waals surface area contributed by atoms with Crippen LogP contribution in [0, 0.1) is 19.8 Å². The highest BCUT2D eigenvalue weighted by Gasteiger charge is 2.12. The topological polar surface area (TPSA) is 41.5 Å². The minimum Gasteiger partial charge on any atom is -0.491 e. The number of aliphatic hydroxyl groups is 1. The lowest BCUT2D eigenvalue weighted by molar-refractivity contribution is 0.101. The van der Waals surface area contributed by atoms with E-state index >= 15 is 0 Å². The molecule has 0 heterocycles. The van der Waals surface area contributed by atoms with Crippen molar-refractivity contribution < 1.29 is 9.84 Å². The Bertz CT molecular complexity index is 406. The molecule has 3 nitrogen and oxygen atoms in total.